The molecule has 4 heterocycles. The van der Waals surface area contributed by atoms with Gasteiger partial charge in [-0.15, -0.1) is 0 Å². The molecule has 5 rings (SSSR count). The molecule has 0 aliphatic rings. The zero-order valence-corrected chi connectivity index (χ0v) is 36.6. The van der Waals surface area contributed by atoms with Crippen molar-refractivity contribution in [2.75, 3.05) is 29.7 Å². The van der Waals surface area contributed by atoms with Crippen LogP contribution < -0.4 is 14.3 Å². The third-order valence-electron chi connectivity index (χ3n) is 9.43. The normalized spacial score (nSPS) is 11.5. The van der Waals surface area contributed by atoms with Crippen LogP contribution in [-0.4, -0.2) is 70.8 Å². The Hall–Kier alpha value is -3.87. The Balaban J connectivity index is 0.000000268. The minimum Gasteiger partial charge on any atom is -0.382 e. The Morgan fingerprint density at radius 2 is 1.54 bits per heavy atom. The van der Waals surface area contributed by atoms with Crippen LogP contribution in [0.2, 0.25) is 13.3 Å². The largest absolute Gasteiger partial charge is 0.382 e. The minimum absolute atomic E-state index is 0.0163. The molecule has 0 bridgehead atoms. The van der Waals surface area contributed by atoms with Crippen molar-refractivity contribution in [1.82, 2.24) is 24.9 Å². The van der Waals surface area contributed by atoms with E-state index in [4.69, 9.17) is 15.7 Å². The van der Waals surface area contributed by atoms with Gasteiger partial charge in [0.15, 0.2) is 20.7 Å². The molecule has 0 aliphatic heterocycles. The minimum atomic E-state index is -3.57. The number of sulfone groups is 1. The summed E-state index contributed by atoms with van der Waals surface area (Å²) in [6.07, 6.45) is 12.7. The van der Waals surface area contributed by atoms with E-state index in [1.807, 2.05) is 13.0 Å². The van der Waals surface area contributed by atoms with Gasteiger partial charge < -0.3 is 10.6 Å². The fraction of sp³-hybridized carbons (Fsp3) is 0.400. The number of rotatable bonds is 16. The quantitative estimate of drug-likeness (QED) is 0.0747. The summed E-state index contributed by atoms with van der Waals surface area (Å²) in [4.78, 5) is 23.9. The Kier molecular flexibility index (Phi) is 16.0. The van der Waals surface area contributed by atoms with Gasteiger partial charge in [-0.2, -0.15) is 5.26 Å². The van der Waals surface area contributed by atoms with Crippen LogP contribution in [0.5, 0.6) is 0 Å². The third kappa shape index (κ3) is 10.7. The van der Waals surface area contributed by atoms with E-state index >= 15 is 0 Å². The number of anilines is 3. The molecule has 0 fully saturated rings. The van der Waals surface area contributed by atoms with Gasteiger partial charge in [-0.25, -0.2) is 32.7 Å². The van der Waals surface area contributed by atoms with Gasteiger partial charge in [-0.05, 0) is 43.3 Å². The number of aromatic nitrogens is 5. The number of nitrogen functional groups attached to an aromatic ring is 1. The molecule has 0 saturated carbocycles. The first-order valence-corrected chi connectivity index (χ1v) is 29.1. The number of nitrogens with zero attached hydrogens (tertiary/aromatic N) is 7. The van der Waals surface area contributed by atoms with Crippen LogP contribution in [0.1, 0.15) is 71.8 Å². The molecule has 5 aromatic rings. The first-order chi connectivity index (χ1) is 25.9. The summed E-state index contributed by atoms with van der Waals surface area (Å²) in [5.41, 5.74) is 7.20. The topological polar surface area (TPSA) is 152 Å². The monoisotopic (exact) mass is 878 g/mol. The number of fused-ring (bicyclic) bond motifs is 1. The number of thioether (sulfide) groups is 1. The molecule has 2 N–H and O–H groups in total. The van der Waals surface area contributed by atoms with Crippen molar-refractivity contribution in [1.29, 1.82) is 5.26 Å². The summed E-state index contributed by atoms with van der Waals surface area (Å²) in [7, 11) is -3.57. The number of unbranched alkanes of at least 4 members (excludes halogenated alkanes) is 3. The second-order valence-electron chi connectivity index (χ2n) is 13.3. The summed E-state index contributed by atoms with van der Waals surface area (Å²) < 4.78 is 44.2. The van der Waals surface area contributed by atoms with E-state index in [0.717, 1.165) is 6.26 Å². The van der Waals surface area contributed by atoms with Crippen LogP contribution >= 0.6 is 11.8 Å². The molecule has 0 spiro atoms. The summed E-state index contributed by atoms with van der Waals surface area (Å²) in [5, 5.41) is 11.2. The fourth-order valence-electron chi connectivity index (χ4n) is 6.53. The summed E-state index contributed by atoms with van der Waals surface area (Å²) in [5.74, 6) is 0.164. The van der Waals surface area contributed by atoms with Crippen LogP contribution in [0.4, 0.5) is 21.8 Å². The maximum Gasteiger partial charge on any atom is 0.192 e. The molecule has 0 amide bonds. The Bertz CT molecular complexity index is 2160. The summed E-state index contributed by atoms with van der Waals surface area (Å²) in [6.45, 7) is 9.18. The molecule has 0 saturated heterocycles. The van der Waals surface area contributed by atoms with E-state index in [1.165, 1.54) is 87.5 Å². The molecular formula is C40H51FN8O2S2Sn. The molecule has 54 heavy (non-hydrogen) atoms. The number of hydrogen-bond donors (Lipinski definition) is 1. The molecule has 0 atom stereocenters. The van der Waals surface area contributed by atoms with Crippen molar-refractivity contribution in [3.63, 3.8) is 0 Å². The molecule has 14 heteroatoms. The molecular weight excluding hydrogens is 826 g/mol. The Labute approximate surface area is 328 Å². The van der Waals surface area contributed by atoms with Crippen molar-refractivity contribution in [2.45, 2.75) is 89.6 Å². The number of halogens is 1. The molecule has 286 valence electrons. The van der Waals surface area contributed by atoms with E-state index in [9.17, 15) is 18.1 Å². The Morgan fingerprint density at radius 3 is 2.13 bits per heavy atom. The van der Waals surface area contributed by atoms with E-state index < -0.39 is 34.0 Å². The Morgan fingerprint density at radius 1 is 0.870 bits per heavy atom. The van der Waals surface area contributed by atoms with Gasteiger partial charge in [0.05, 0.1) is 11.2 Å². The van der Waals surface area contributed by atoms with E-state index in [0.29, 0.717) is 34.5 Å². The van der Waals surface area contributed by atoms with Crippen molar-refractivity contribution in [3.8, 4) is 17.3 Å². The second kappa shape index (κ2) is 20.2. The second-order valence-corrected chi connectivity index (χ2v) is 29.1. The number of nitrogens with two attached hydrogens (primary N) is 1. The van der Waals surface area contributed by atoms with Gasteiger partial charge in [0.1, 0.15) is 35.4 Å². The van der Waals surface area contributed by atoms with Gasteiger partial charge >= 0.3 is 141 Å². The van der Waals surface area contributed by atoms with Crippen molar-refractivity contribution >= 4 is 72.0 Å². The average Bonchev–Trinajstić information content (AvgIpc) is 3.18. The van der Waals surface area contributed by atoms with Crippen molar-refractivity contribution in [3.05, 3.63) is 78.4 Å². The maximum absolute atomic E-state index is 13.9. The van der Waals surface area contributed by atoms with Crippen LogP contribution in [0, 0.1) is 17.1 Å². The molecule has 0 aliphatic carbocycles. The van der Waals surface area contributed by atoms with Crippen molar-refractivity contribution < 1.29 is 12.8 Å². The first kappa shape index (κ1) is 42.9. The molecule has 1 aromatic carbocycles. The standard InChI is InChI=1S/C22H18FN7O2S.C6H6NS.3C4H9.Sn/c1-3-30(21-16(11-24)20(25)26-12-27-21)22-15(10-13-9-14(23)7-8-17(13)29-22)18-5-4-6-19(28-18)33(2,31)32;1-8-6-4-2-3-5-7-6;3*1-3-4-2;/h4-10,12H,3H2,1-2H3,(H2,25,26,27);2-4H,1H3;3*1,3-4H2,2H3;. The van der Waals surface area contributed by atoms with Gasteiger partial charge in [0, 0.05) is 23.8 Å². The molecule has 0 unspecified atom stereocenters. The summed E-state index contributed by atoms with van der Waals surface area (Å²) in [6, 6.07) is 19.2. The van der Waals surface area contributed by atoms with Gasteiger partial charge in [-0.1, -0.05) is 6.07 Å². The molecule has 0 radical (unpaired) electrons. The molecule has 4 aromatic heterocycles. The van der Waals surface area contributed by atoms with E-state index in [2.05, 4.69) is 60.2 Å². The van der Waals surface area contributed by atoms with Crippen LogP contribution in [0.25, 0.3) is 22.2 Å². The maximum atomic E-state index is 13.9. The zero-order valence-electron chi connectivity index (χ0n) is 32.1. The number of pyridine rings is 3. The zero-order chi connectivity index (χ0) is 39.3. The van der Waals surface area contributed by atoms with Crippen molar-refractivity contribution in [2.24, 2.45) is 0 Å². The van der Waals surface area contributed by atoms with E-state index in [-0.39, 0.29) is 22.2 Å². The number of benzene rings is 1. The number of nitriles is 1. The third-order valence-corrected chi connectivity index (χ3v) is 26.2. The van der Waals surface area contributed by atoms with Crippen LogP contribution in [0.15, 0.2) is 77.0 Å². The average molecular weight is 878 g/mol. The predicted octanol–water partition coefficient (Wildman–Crippen LogP) is 9.10. The van der Waals surface area contributed by atoms with E-state index in [1.54, 1.807) is 38.6 Å². The van der Waals surface area contributed by atoms with Gasteiger partial charge in [0.2, 0.25) is 0 Å². The predicted molar refractivity (Wildman–Crippen MR) is 222 cm³/mol. The van der Waals surface area contributed by atoms with Crippen LogP contribution in [-0.2, 0) is 9.84 Å². The molecule has 10 nitrogen and oxygen atoms in total. The smallest absolute Gasteiger partial charge is 0.192 e. The van der Waals surface area contributed by atoms with Crippen LogP contribution in [0.3, 0.4) is 0 Å². The number of hydrogen-bond acceptors (Lipinski definition) is 11. The fourth-order valence-corrected chi connectivity index (χ4v) is 23.2. The summed E-state index contributed by atoms with van der Waals surface area (Å²) >= 11 is -0.494. The van der Waals surface area contributed by atoms with Gasteiger partial charge in [-0.3, -0.25) is 0 Å². The SMILES string of the molecule is CCC[CH2][Sn]([CH2]CCC)([CH2]CCC)[c]1cccc(SC)n1.CCN(c1nc2ccc(F)cc2cc1-c1cccc(S(C)(=O)=O)n1)c1ncnc(N)c1C#N. The first-order valence-electron chi connectivity index (χ1n) is 18.5. The van der Waals surface area contributed by atoms with Gasteiger partial charge in [0.25, 0.3) is 0 Å².